The van der Waals surface area contributed by atoms with Gasteiger partial charge in [0.05, 0.1) is 5.56 Å². The molecule has 6 nitrogen and oxygen atoms in total. The van der Waals surface area contributed by atoms with Gasteiger partial charge in [0, 0.05) is 35.5 Å². The van der Waals surface area contributed by atoms with E-state index in [0.29, 0.717) is 16.9 Å². The fraction of sp³-hybridized carbons (Fsp3) is 0.176. The van der Waals surface area contributed by atoms with Crippen molar-refractivity contribution in [2.24, 2.45) is 0 Å². The van der Waals surface area contributed by atoms with Gasteiger partial charge >= 0.3 is 0 Å². The molecule has 0 unspecified atom stereocenters. The molecule has 1 aromatic carbocycles. The summed E-state index contributed by atoms with van der Waals surface area (Å²) in [5.41, 5.74) is 2.52. The molecule has 0 spiro atoms. The number of carbonyl (C=O) groups excluding carboxylic acids is 1. The first-order valence-corrected chi connectivity index (χ1v) is 7.33. The lowest BCUT2D eigenvalue weighted by Crippen LogP contribution is -2.13. The largest absolute Gasteiger partial charge is 0.346 e. The van der Waals surface area contributed by atoms with Crippen LogP contribution in [0.15, 0.2) is 43.0 Å². The monoisotopic (exact) mass is 305 g/mol. The molecule has 0 aliphatic heterocycles. The maximum Gasteiger partial charge on any atom is 0.274 e. The highest BCUT2D eigenvalue weighted by molar-refractivity contribution is 6.04. The van der Waals surface area contributed by atoms with Crippen molar-refractivity contribution >= 4 is 22.5 Å². The Morgan fingerprint density at radius 3 is 2.96 bits per heavy atom. The van der Waals surface area contributed by atoms with Crippen molar-refractivity contribution in [3.8, 4) is 6.07 Å². The van der Waals surface area contributed by atoms with Crippen molar-refractivity contribution in [1.29, 1.82) is 5.26 Å². The second-order valence-electron chi connectivity index (χ2n) is 5.13. The minimum absolute atomic E-state index is 0.296. The van der Waals surface area contributed by atoms with E-state index in [2.05, 4.69) is 32.8 Å². The summed E-state index contributed by atoms with van der Waals surface area (Å²) in [7, 11) is 0. The van der Waals surface area contributed by atoms with Gasteiger partial charge in [0.1, 0.15) is 18.1 Å². The summed E-state index contributed by atoms with van der Waals surface area (Å²) in [6.07, 6.45) is 5.69. The number of hydrogen-bond acceptors (Lipinski definition) is 4. The van der Waals surface area contributed by atoms with Gasteiger partial charge in [0.15, 0.2) is 0 Å². The van der Waals surface area contributed by atoms with Gasteiger partial charge in [-0.2, -0.15) is 5.26 Å². The number of fused-ring (bicyclic) bond motifs is 1. The van der Waals surface area contributed by atoms with Crippen molar-refractivity contribution < 1.29 is 4.79 Å². The van der Waals surface area contributed by atoms with E-state index in [1.54, 1.807) is 6.07 Å². The molecule has 0 saturated carbocycles. The molecule has 0 aliphatic carbocycles. The molecule has 23 heavy (non-hydrogen) atoms. The van der Waals surface area contributed by atoms with Gasteiger partial charge in [-0.1, -0.05) is 6.92 Å². The molecular weight excluding hydrogens is 290 g/mol. The minimum Gasteiger partial charge on any atom is -0.346 e. The zero-order valence-corrected chi connectivity index (χ0v) is 12.7. The SMILES string of the molecule is CCCn1cc(C#N)c2cc(NC(=O)c3ccncn3)ccc21. The molecule has 0 atom stereocenters. The van der Waals surface area contributed by atoms with E-state index in [1.165, 1.54) is 12.5 Å². The van der Waals surface area contributed by atoms with E-state index in [1.807, 2.05) is 24.4 Å². The summed E-state index contributed by atoms with van der Waals surface area (Å²) in [6.45, 7) is 2.94. The zero-order valence-electron chi connectivity index (χ0n) is 12.7. The number of anilines is 1. The topological polar surface area (TPSA) is 83.6 Å². The molecule has 0 fully saturated rings. The number of nitriles is 1. The molecule has 6 heteroatoms. The first-order chi connectivity index (χ1) is 11.2. The average molecular weight is 305 g/mol. The number of rotatable bonds is 4. The summed E-state index contributed by atoms with van der Waals surface area (Å²) in [5, 5.41) is 12.9. The summed E-state index contributed by atoms with van der Waals surface area (Å²) in [4.78, 5) is 19.8. The van der Waals surface area contributed by atoms with Crippen molar-refractivity contribution in [2.45, 2.75) is 19.9 Å². The average Bonchev–Trinajstić information content (AvgIpc) is 2.93. The van der Waals surface area contributed by atoms with Gasteiger partial charge in [-0.05, 0) is 30.7 Å². The predicted molar refractivity (Wildman–Crippen MR) is 86.9 cm³/mol. The lowest BCUT2D eigenvalue weighted by molar-refractivity contribution is 0.102. The fourth-order valence-electron chi connectivity index (χ4n) is 2.51. The fourth-order valence-corrected chi connectivity index (χ4v) is 2.51. The van der Waals surface area contributed by atoms with Gasteiger partial charge in [0.25, 0.3) is 5.91 Å². The Bertz CT molecular complexity index is 892. The molecule has 2 heterocycles. The van der Waals surface area contributed by atoms with Crippen LogP contribution in [0.25, 0.3) is 10.9 Å². The van der Waals surface area contributed by atoms with Gasteiger partial charge in [0.2, 0.25) is 0 Å². The summed E-state index contributed by atoms with van der Waals surface area (Å²) < 4.78 is 2.06. The van der Waals surface area contributed by atoms with Crippen LogP contribution >= 0.6 is 0 Å². The van der Waals surface area contributed by atoms with Crippen LogP contribution < -0.4 is 5.32 Å². The highest BCUT2D eigenvalue weighted by Gasteiger charge is 2.11. The molecule has 3 rings (SSSR count). The molecule has 0 bridgehead atoms. The smallest absolute Gasteiger partial charge is 0.274 e. The lowest BCUT2D eigenvalue weighted by Gasteiger charge is -2.06. The van der Waals surface area contributed by atoms with Crippen molar-refractivity contribution in [3.05, 3.63) is 54.2 Å². The first-order valence-electron chi connectivity index (χ1n) is 7.33. The standard InChI is InChI=1S/C17H15N5O/c1-2-7-22-10-12(9-18)14-8-13(3-4-16(14)22)21-17(23)15-5-6-19-11-20-15/h3-6,8,10-11H,2,7H2,1H3,(H,21,23). The van der Waals surface area contributed by atoms with Gasteiger partial charge in [-0.15, -0.1) is 0 Å². The van der Waals surface area contributed by atoms with Crippen molar-refractivity contribution in [3.63, 3.8) is 0 Å². The summed E-state index contributed by atoms with van der Waals surface area (Å²) in [6, 6.07) is 9.32. The molecule has 0 radical (unpaired) electrons. The van der Waals surface area contributed by atoms with Crippen LogP contribution in [0.1, 0.15) is 29.4 Å². The van der Waals surface area contributed by atoms with Crippen LogP contribution in [-0.4, -0.2) is 20.4 Å². The maximum atomic E-state index is 12.1. The van der Waals surface area contributed by atoms with Crippen molar-refractivity contribution in [2.75, 3.05) is 5.32 Å². The summed E-state index contributed by atoms with van der Waals surface area (Å²) >= 11 is 0. The second kappa shape index (κ2) is 6.28. The highest BCUT2D eigenvalue weighted by atomic mass is 16.1. The lowest BCUT2D eigenvalue weighted by atomic mass is 10.1. The number of carbonyl (C=O) groups is 1. The number of nitrogens with zero attached hydrogens (tertiary/aromatic N) is 4. The van der Waals surface area contributed by atoms with E-state index in [9.17, 15) is 10.1 Å². The first kappa shape index (κ1) is 14.7. The Balaban J connectivity index is 1.94. The third kappa shape index (κ3) is 2.90. The van der Waals surface area contributed by atoms with E-state index in [-0.39, 0.29) is 5.91 Å². The minimum atomic E-state index is -0.307. The van der Waals surface area contributed by atoms with Crippen LogP contribution in [0.2, 0.25) is 0 Å². The molecular formula is C17H15N5O. The van der Waals surface area contributed by atoms with E-state index >= 15 is 0 Å². The Kier molecular flexibility index (Phi) is 4.02. The van der Waals surface area contributed by atoms with E-state index in [4.69, 9.17) is 0 Å². The number of nitrogens with one attached hydrogen (secondary N) is 1. The van der Waals surface area contributed by atoms with Crippen molar-refractivity contribution in [1.82, 2.24) is 14.5 Å². The predicted octanol–water partition coefficient (Wildman–Crippen LogP) is 2.97. The third-order valence-electron chi connectivity index (χ3n) is 3.54. The molecule has 1 amide bonds. The van der Waals surface area contributed by atoms with Crippen LogP contribution in [0.3, 0.4) is 0 Å². The Hall–Kier alpha value is -3.20. The molecule has 3 aromatic rings. The Morgan fingerprint density at radius 2 is 2.26 bits per heavy atom. The van der Waals surface area contributed by atoms with Crippen LogP contribution in [-0.2, 0) is 6.54 Å². The second-order valence-corrected chi connectivity index (χ2v) is 5.13. The number of aromatic nitrogens is 3. The highest BCUT2D eigenvalue weighted by Crippen LogP contribution is 2.25. The Labute approximate surface area is 133 Å². The van der Waals surface area contributed by atoms with Gasteiger partial charge in [-0.25, -0.2) is 9.97 Å². The molecule has 2 aromatic heterocycles. The van der Waals surface area contributed by atoms with Gasteiger partial charge < -0.3 is 9.88 Å². The van der Waals surface area contributed by atoms with E-state index < -0.39 is 0 Å². The molecule has 0 aliphatic rings. The summed E-state index contributed by atoms with van der Waals surface area (Å²) in [5.74, 6) is -0.307. The zero-order chi connectivity index (χ0) is 16.2. The number of aryl methyl sites for hydroxylation is 1. The Morgan fingerprint density at radius 1 is 1.39 bits per heavy atom. The van der Waals surface area contributed by atoms with Gasteiger partial charge in [-0.3, -0.25) is 4.79 Å². The van der Waals surface area contributed by atoms with Crippen LogP contribution in [0.5, 0.6) is 0 Å². The molecule has 0 saturated heterocycles. The quantitative estimate of drug-likeness (QED) is 0.803. The number of amides is 1. The maximum absolute atomic E-state index is 12.1. The normalized spacial score (nSPS) is 10.4. The number of hydrogen-bond donors (Lipinski definition) is 1. The van der Waals surface area contributed by atoms with E-state index in [0.717, 1.165) is 23.9 Å². The van der Waals surface area contributed by atoms with Crippen LogP contribution in [0, 0.1) is 11.3 Å². The molecule has 1 N–H and O–H groups in total. The number of benzene rings is 1. The van der Waals surface area contributed by atoms with Crippen LogP contribution in [0.4, 0.5) is 5.69 Å². The third-order valence-corrected chi connectivity index (χ3v) is 3.54. The molecule has 114 valence electrons.